The predicted octanol–water partition coefficient (Wildman–Crippen LogP) is 3.35. The molecule has 0 heterocycles. The first-order valence-corrected chi connectivity index (χ1v) is 9.74. The van der Waals surface area contributed by atoms with Gasteiger partial charge in [0, 0.05) is 19.2 Å². The Bertz CT molecular complexity index is 830. The van der Waals surface area contributed by atoms with E-state index in [-0.39, 0.29) is 10.8 Å². The van der Waals surface area contributed by atoms with Crippen LogP contribution in [0.2, 0.25) is 0 Å². The van der Waals surface area contributed by atoms with Crippen molar-refractivity contribution in [1.29, 1.82) is 0 Å². The zero-order valence-electron chi connectivity index (χ0n) is 14.8. The van der Waals surface area contributed by atoms with Crippen molar-refractivity contribution in [3.63, 3.8) is 0 Å². The molecular formula is C19H24N2O3S. The molecule has 5 nitrogen and oxygen atoms in total. The van der Waals surface area contributed by atoms with E-state index in [0.29, 0.717) is 17.8 Å². The van der Waals surface area contributed by atoms with Gasteiger partial charge in [0.25, 0.3) is 15.9 Å². The minimum absolute atomic E-state index is 0.0960. The van der Waals surface area contributed by atoms with E-state index in [0.717, 1.165) is 18.4 Å². The zero-order chi connectivity index (χ0) is 18.4. The third kappa shape index (κ3) is 4.60. The summed E-state index contributed by atoms with van der Waals surface area (Å²) in [5.74, 6) is -0.261. The number of amides is 1. The van der Waals surface area contributed by atoms with E-state index in [1.807, 2.05) is 26.0 Å². The molecule has 0 aliphatic carbocycles. The lowest BCUT2D eigenvalue weighted by Gasteiger charge is -2.20. The molecule has 0 bridgehead atoms. The van der Waals surface area contributed by atoms with Crippen molar-refractivity contribution in [2.24, 2.45) is 0 Å². The number of hydrogen-bond donors (Lipinski definition) is 1. The first kappa shape index (κ1) is 19.0. The fourth-order valence-corrected chi connectivity index (χ4v) is 3.57. The molecule has 0 unspecified atom stereocenters. The van der Waals surface area contributed by atoms with Crippen LogP contribution in [-0.4, -0.2) is 27.9 Å². The highest BCUT2D eigenvalue weighted by atomic mass is 32.2. The number of benzene rings is 2. The highest BCUT2D eigenvalue weighted by molar-refractivity contribution is 7.92. The van der Waals surface area contributed by atoms with Crippen molar-refractivity contribution in [1.82, 2.24) is 5.32 Å². The smallest absolute Gasteiger partial charge is 0.264 e. The van der Waals surface area contributed by atoms with E-state index >= 15 is 0 Å². The number of unbranched alkanes of at least 4 members (excludes halogenated alkanes) is 1. The van der Waals surface area contributed by atoms with Gasteiger partial charge < -0.3 is 5.32 Å². The van der Waals surface area contributed by atoms with Crippen molar-refractivity contribution in [3.8, 4) is 0 Å². The molecule has 0 saturated carbocycles. The molecule has 134 valence electrons. The van der Waals surface area contributed by atoms with Gasteiger partial charge in [-0.3, -0.25) is 9.10 Å². The van der Waals surface area contributed by atoms with Gasteiger partial charge in [0.1, 0.15) is 0 Å². The van der Waals surface area contributed by atoms with Crippen LogP contribution in [-0.2, 0) is 10.0 Å². The Morgan fingerprint density at radius 3 is 2.44 bits per heavy atom. The molecule has 0 fully saturated rings. The number of sulfonamides is 1. The van der Waals surface area contributed by atoms with Gasteiger partial charge in [-0.15, -0.1) is 0 Å². The first-order chi connectivity index (χ1) is 11.9. The van der Waals surface area contributed by atoms with E-state index in [9.17, 15) is 13.2 Å². The molecule has 0 spiro atoms. The maximum Gasteiger partial charge on any atom is 0.264 e. The molecule has 0 aliphatic rings. The van der Waals surface area contributed by atoms with Gasteiger partial charge in [-0.1, -0.05) is 37.1 Å². The molecule has 25 heavy (non-hydrogen) atoms. The highest BCUT2D eigenvalue weighted by Crippen LogP contribution is 2.23. The van der Waals surface area contributed by atoms with Gasteiger partial charge in [-0.2, -0.15) is 0 Å². The fraction of sp³-hybridized carbons (Fsp3) is 0.316. The van der Waals surface area contributed by atoms with Crippen molar-refractivity contribution in [2.45, 2.75) is 31.6 Å². The summed E-state index contributed by atoms with van der Waals surface area (Å²) < 4.78 is 26.9. The highest BCUT2D eigenvalue weighted by Gasteiger charge is 2.22. The molecule has 0 aromatic heterocycles. The fourth-order valence-electron chi connectivity index (χ4n) is 2.33. The topological polar surface area (TPSA) is 66.5 Å². The average molecular weight is 360 g/mol. The van der Waals surface area contributed by atoms with Crippen molar-refractivity contribution < 1.29 is 13.2 Å². The van der Waals surface area contributed by atoms with Gasteiger partial charge in [-0.25, -0.2) is 8.42 Å². The average Bonchev–Trinajstić information content (AvgIpc) is 2.62. The third-order valence-electron chi connectivity index (χ3n) is 3.97. The minimum Gasteiger partial charge on any atom is -0.352 e. The van der Waals surface area contributed by atoms with Gasteiger partial charge in [0.2, 0.25) is 0 Å². The third-order valence-corrected chi connectivity index (χ3v) is 5.75. The monoisotopic (exact) mass is 360 g/mol. The van der Waals surface area contributed by atoms with Crippen LogP contribution in [0, 0.1) is 6.92 Å². The second-order valence-electron chi connectivity index (χ2n) is 5.95. The number of carbonyl (C=O) groups excluding carboxylic acids is 1. The van der Waals surface area contributed by atoms with Crippen molar-refractivity contribution in [2.75, 3.05) is 17.9 Å². The van der Waals surface area contributed by atoms with E-state index in [1.54, 1.807) is 24.3 Å². The Labute approximate surface area is 149 Å². The maximum absolute atomic E-state index is 12.8. The molecule has 2 aromatic carbocycles. The Morgan fingerprint density at radius 1 is 1.12 bits per heavy atom. The second-order valence-corrected chi connectivity index (χ2v) is 7.91. The number of aryl methyl sites for hydroxylation is 1. The summed E-state index contributed by atoms with van der Waals surface area (Å²) in [6.07, 6.45) is 1.87. The SMILES string of the molecule is CCCCNC(=O)c1cccc(S(=O)(=O)N(C)c2ccc(C)cc2)c1. The summed E-state index contributed by atoms with van der Waals surface area (Å²) in [6.45, 7) is 4.56. The van der Waals surface area contributed by atoms with Crippen LogP contribution in [0.3, 0.4) is 0 Å². The number of carbonyl (C=O) groups is 1. The van der Waals surface area contributed by atoms with Crippen molar-refractivity contribution in [3.05, 3.63) is 59.7 Å². The lowest BCUT2D eigenvalue weighted by Crippen LogP contribution is -2.28. The summed E-state index contributed by atoms with van der Waals surface area (Å²) >= 11 is 0. The Hall–Kier alpha value is -2.34. The quantitative estimate of drug-likeness (QED) is 0.770. The number of hydrogen-bond acceptors (Lipinski definition) is 3. The molecular weight excluding hydrogens is 336 g/mol. The predicted molar refractivity (Wildman–Crippen MR) is 100 cm³/mol. The first-order valence-electron chi connectivity index (χ1n) is 8.30. The van der Waals surface area contributed by atoms with E-state index < -0.39 is 10.0 Å². The molecule has 2 rings (SSSR count). The Kier molecular flexibility index (Phi) is 6.20. The van der Waals surface area contributed by atoms with Crippen LogP contribution in [0.25, 0.3) is 0 Å². The van der Waals surface area contributed by atoms with Gasteiger partial charge in [0.05, 0.1) is 10.6 Å². The van der Waals surface area contributed by atoms with Crippen LogP contribution in [0.15, 0.2) is 53.4 Å². The summed E-state index contributed by atoms with van der Waals surface area (Å²) in [7, 11) is -2.22. The summed E-state index contributed by atoms with van der Waals surface area (Å²) in [5, 5.41) is 2.80. The lowest BCUT2D eigenvalue weighted by molar-refractivity contribution is 0.0953. The number of anilines is 1. The van der Waals surface area contributed by atoms with Gasteiger partial charge in [-0.05, 0) is 43.7 Å². The maximum atomic E-state index is 12.8. The van der Waals surface area contributed by atoms with Crippen molar-refractivity contribution >= 4 is 21.6 Å². The standard InChI is InChI=1S/C19H24N2O3S/c1-4-5-13-20-19(22)16-7-6-8-18(14-16)25(23,24)21(3)17-11-9-15(2)10-12-17/h6-12,14H,4-5,13H2,1-3H3,(H,20,22). The number of nitrogens with zero attached hydrogens (tertiary/aromatic N) is 1. The Balaban J connectivity index is 2.26. The molecule has 0 atom stereocenters. The molecule has 0 saturated heterocycles. The van der Waals surface area contributed by atoms with E-state index in [2.05, 4.69) is 5.32 Å². The van der Waals surface area contributed by atoms with Crippen LogP contribution in [0.1, 0.15) is 35.7 Å². The van der Waals surface area contributed by atoms with E-state index in [4.69, 9.17) is 0 Å². The molecule has 1 N–H and O–H groups in total. The minimum atomic E-state index is -3.73. The normalized spacial score (nSPS) is 11.2. The van der Waals surface area contributed by atoms with Crippen LogP contribution < -0.4 is 9.62 Å². The number of nitrogens with one attached hydrogen (secondary N) is 1. The molecule has 0 aliphatic heterocycles. The summed E-state index contributed by atoms with van der Waals surface area (Å²) in [5.41, 5.74) is 1.97. The number of rotatable bonds is 7. The lowest BCUT2D eigenvalue weighted by atomic mass is 10.2. The van der Waals surface area contributed by atoms with Crippen LogP contribution >= 0.6 is 0 Å². The molecule has 2 aromatic rings. The molecule has 0 radical (unpaired) electrons. The Morgan fingerprint density at radius 2 is 1.80 bits per heavy atom. The summed E-state index contributed by atoms with van der Waals surface area (Å²) in [6, 6.07) is 13.4. The van der Waals surface area contributed by atoms with Crippen LogP contribution in [0.4, 0.5) is 5.69 Å². The second kappa shape index (κ2) is 8.16. The van der Waals surface area contributed by atoms with Gasteiger partial charge >= 0.3 is 0 Å². The molecule has 1 amide bonds. The molecule has 6 heteroatoms. The van der Waals surface area contributed by atoms with Gasteiger partial charge in [0.15, 0.2) is 0 Å². The zero-order valence-corrected chi connectivity index (χ0v) is 15.6. The largest absolute Gasteiger partial charge is 0.352 e. The van der Waals surface area contributed by atoms with Crippen LogP contribution in [0.5, 0.6) is 0 Å². The summed E-state index contributed by atoms with van der Waals surface area (Å²) in [4.78, 5) is 12.3. The van der Waals surface area contributed by atoms with E-state index in [1.165, 1.54) is 23.5 Å².